The van der Waals surface area contributed by atoms with Crippen LogP contribution >= 0.6 is 23.6 Å². The standard InChI is InChI=1S/C11H17N3O2S2/c1-8(7-16-2)12-11(17)14-13-10(15)6-9-4-3-5-18-9/h3-5,8H,6-7H2,1-2H3,(H,13,15)(H2,12,14,17)/t8-/m1/s1. The van der Waals surface area contributed by atoms with E-state index in [-0.39, 0.29) is 11.9 Å². The molecule has 0 bridgehead atoms. The van der Waals surface area contributed by atoms with Crippen LogP contribution in [0, 0.1) is 0 Å². The van der Waals surface area contributed by atoms with Gasteiger partial charge in [-0.15, -0.1) is 11.3 Å². The predicted molar refractivity (Wildman–Crippen MR) is 76.4 cm³/mol. The van der Waals surface area contributed by atoms with Gasteiger partial charge in [-0.05, 0) is 30.6 Å². The summed E-state index contributed by atoms with van der Waals surface area (Å²) >= 11 is 6.57. The largest absolute Gasteiger partial charge is 0.383 e. The highest BCUT2D eigenvalue weighted by molar-refractivity contribution is 7.80. The van der Waals surface area contributed by atoms with Crippen LogP contribution in [0.5, 0.6) is 0 Å². The van der Waals surface area contributed by atoms with Crippen LogP contribution in [0.15, 0.2) is 17.5 Å². The minimum Gasteiger partial charge on any atom is -0.383 e. The van der Waals surface area contributed by atoms with Gasteiger partial charge >= 0.3 is 0 Å². The molecule has 0 aliphatic carbocycles. The fraction of sp³-hybridized carbons (Fsp3) is 0.455. The van der Waals surface area contributed by atoms with Crippen LogP contribution in [-0.2, 0) is 16.0 Å². The molecule has 1 rings (SSSR count). The first-order chi connectivity index (χ1) is 8.61. The van der Waals surface area contributed by atoms with E-state index < -0.39 is 0 Å². The number of amides is 1. The molecule has 1 atom stereocenters. The van der Waals surface area contributed by atoms with Gasteiger partial charge in [0.25, 0.3) is 0 Å². The minimum absolute atomic E-state index is 0.0872. The first kappa shape index (κ1) is 14.9. The number of carbonyl (C=O) groups is 1. The maximum atomic E-state index is 11.5. The van der Waals surface area contributed by atoms with Gasteiger partial charge in [-0.3, -0.25) is 15.6 Å². The number of hydrogen-bond donors (Lipinski definition) is 3. The lowest BCUT2D eigenvalue weighted by Gasteiger charge is -2.16. The molecule has 1 amide bonds. The van der Waals surface area contributed by atoms with E-state index in [0.717, 1.165) is 4.88 Å². The highest BCUT2D eigenvalue weighted by Crippen LogP contribution is 2.08. The zero-order chi connectivity index (χ0) is 13.4. The lowest BCUT2D eigenvalue weighted by molar-refractivity contribution is -0.120. The van der Waals surface area contributed by atoms with Crippen molar-refractivity contribution in [3.8, 4) is 0 Å². The number of carbonyl (C=O) groups excluding carboxylic acids is 1. The van der Waals surface area contributed by atoms with E-state index in [9.17, 15) is 4.79 Å². The SMILES string of the molecule is COC[C@@H](C)NC(=S)NNC(=O)Cc1cccs1. The van der Waals surface area contributed by atoms with Crippen molar-refractivity contribution in [1.82, 2.24) is 16.2 Å². The minimum atomic E-state index is -0.124. The molecule has 0 aliphatic rings. The topological polar surface area (TPSA) is 62.4 Å². The summed E-state index contributed by atoms with van der Waals surface area (Å²) in [6, 6.07) is 3.92. The maximum absolute atomic E-state index is 11.5. The Morgan fingerprint density at radius 3 is 2.94 bits per heavy atom. The van der Waals surface area contributed by atoms with Crippen molar-refractivity contribution in [3.63, 3.8) is 0 Å². The number of nitrogens with one attached hydrogen (secondary N) is 3. The summed E-state index contributed by atoms with van der Waals surface area (Å²) in [5.74, 6) is -0.124. The van der Waals surface area contributed by atoms with Crippen molar-refractivity contribution in [2.24, 2.45) is 0 Å². The summed E-state index contributed by atoms with van der Waals surface area (Å²) in [4.78, 5) is 12.6. The van der Waals surface area contributed by atoms with E-state index in [1.54, 1.807) is 18.4 Å². The van der Waals surface area contributed by atoms with Crippen LogP contribution < -0.4 is 16.2 Å². The first-order valence-electron chi connectivity index (χ1n) is 5.48. The number of hydrazine groups is 1. The molecule has 0 radical (unpaired) electrons. The summed E-state index contributed by atoms with van der Waals surface area (Å²) < 4.78 is 4.96. The molecule has 7 heteroatoms. The van der Waals surface area contributed by atoms with Gasteiger partial charge in [0.1, 0.15) is 0 Å². The fourth-order valence-corrected chi connectivity index (χ4v) is 2.25. The van der Waals surface area contributed by atoms with Gasteiger partial charge in [0.05, 0.1) is 13.0 Å². The molecule has 100 valence electrons. The third-order valence-corrected chi connectivity index (χ3v) is 3.12. The second-order valence-electron chi connectivity index (χ2n) is 3.76. The molecule has 18 heavy (non-hydrogen) atoms. The van der Waals surface area contributed by atoms with Crippen LogP contribution in [0.25, 0.3) is 0 Å². The first-order valence-corrected chi connectivity index (χ1v) is 6.77. The average molecular weight is 287 g/mol. The predicted octanol–water partition coefficient (Wildman–Crippen LogP) is 0.821. The lowest BCUT2D eigenvalue weighted by atomic mass is 10.3. The van der Waals surface area contributed by atoms with Gasteiger partial charge in [-0.25, -0.2) is 0 Å². The number of thiocarbonyl (C=S) groups is 1. The van der Waals surface area contributed by atoms with E-state index in [1.807, 2.05) is 24.4 Å². The Kier molecular flexibility index (Phi) is 6.63. The summed E-state index contributed by atoms with van der Waals surface area (Å²) in [6.45, 7) is 2.48. The smallest absolute Gasteiger partial charge is 0.243 e. The molecule has 0 aromatic carbocycles. The molecule has 1 aromatic heterocycles. The van der Waals surface area contributed by atoms with Crippen LogP contribution in [0.1, 0.15) is 11.8 Å². The van der Waals surface area contributed by atoms with Gasteiger partial charge in [0, 0.05) is 18.0 Å². The normalized spacial score (nSPS) is 11.7. The van der Waals surface area contributed by atoms with Crippen LogP contribution in [-0.4, -0.2) is 30.8 Å². The van der Waals surface area contributed by atoms with E-state index in [4.69, 9.17) is 17.0 Å². The second-order valence-corrected chi connectivity index (χ2v) is 5.20. The molecule has 1 heterocycles. The molecule has 0 aliphatic heterocycles. The molecule has 0 spiro atoms. The third kappa shape index (κ3) is 5.95. The van der Waals surface area contributed by atoms with Gasteiger partial charge < -0.3 is 10.1 Å². The molecule has 0 saturated heterocycles. The van der Waals surface area contributed by atoms with E-state index in [0.29, 0.717) is 18.1 Å². The maximum Gasteiger partial charge on any atom is 0.243 e. The molecule has 0 saturated carbocycles. The van der Waals surface area contributed by atoms with Gasteiger partial charge in [0.15, 0.2) is 5.11 Å². The number of hydrogen-bond acceptors (Lipinski definition) is 4. The Labute approximate surface area is 116 Å². The van der Waals surface area contributed by atoms with Gasteiger partial charge in [-0.2, -0.15) is 0 Å². The molecular weight excluding hydrogens is 270 g/mol. The Hall–Kier alpha value is -1.18. The van der Waals surface area contributed by atoms with Crippen molar-refractivity contribution < 1.29 is 9.53 Å². The Morgan fingerprint density at radius 2 is 2.33 bits per heavy atom. The van der Waals surface area contributed by atoms with Gasteiger partial charge in [0.2, 0.25) is 5.91 Å². The monoisotopic (exact) mass is 287 g/mol. The quantitative estimate of drug-likeness (QED) is 0.553. The zero-order valence-electron chi connectivity index (χ0n) is 10.4. The average Bonchev–Trinajstić information content (AvgIpc) is 2.79. The summed E-state index contributed by atoms with van der Waals surface area (Å²) in [5.41, 5.74) is 5.20. The Bertz CT molecular complexity index is 382. The molecule has 0 unspecified atom stereocenters. The summed E-state index contributed by atoms with van der Waals surface area (Å²) in [6.07, 6.45) is 0.348. The van der Waals surface area contributed by atoms with Crippen molar-refractivity contribution in [2.75, 3.05) is 13.7 Å². The Balaban J connectivity index is 2.19. The van der Waals surface area contributed by atoms with E-state index in [1.165, 1.54) is 0 Å². The van der Waals surface area contributed by atoms with Crippen LogP contribution in [0.4, 0.5) is 0 Å². The summed E-state index contributed by atoms with van der Waals surface area (Å²) in [5, 5.41) is 5.29. The van der Waals surface area contributed by atoms with Crippen molar-refractivity contribution in [3.05, 3.63) is 22.4 Å². The molecule has 1 aromatic rings. The van der Waals surface area contributed by atoms with Crippen molar-refractivity contribution in [1.29, 1.82) is 0 Å². The number of methoxy groups -OCH3 is 1. The van der Waals surface area contributed by atoms with E-state index >= 15 is 0 Å². The number of thiophene rings is 1. The molecular formula is C11H17N3O2S2. The van der Waals surface area contributed by atoms with E-state index in [2.05, 4.69) is 16.2 Å². The fourth-order valence-electron chi connectivity index (χ4n) is 1.29. The highest BCUT2D eigenvalue weighted by Gasteiger charge is 2.06. The van der Waals surface area contributed by atoms with Crippen molar-refractivity contribution in [2.45, 2.75) is 19.4 Å². The highest BCUT2D eigenvalue weighted by atomic mass is 32.1. The molecule has 5 nitrogen and oxygen atoms in total. The van der Waals surface area contributed by atoms with Crippen molar-refractivity contribution >= 4 is 34.6 Å². The third-order valence-electron chi connectivity index (χ3n) is 2.02. The zero-order valence-corrected chi connectivity index (χ0v) is 12.0. The molecule has 0 fully saturated rings. The van der Waals surface area contributed by atoms with Crippen LogP contribution in [0.3, 0.4) is 0 Å². The number of rotatable bonds is 5. The second kappa shape index (κ2) is 8.02. The number of ether oxygens (including phenoxy) is 1. The van der Waals surface area contributed by atoms with Gasteiger partial charge in [-0.1, -0.05) is 6.07 Å². The lowest BCUT2D eigenvalue weighted by Crippen LogP contribution is -2.50. The summed E-state index contributed by atoms with van der Waals surface area (Å²) in [7, 11) is 1.62. The van der Waals surface area contributed by atoms with Crippen LogP contribution in [0.2, 0.25) is 0 Å². The Morgan fingerprint density at radius 1 is 1.56 bits per heavy atom. The molecule has 3 N–H and O–H groups in total.